The molecule has 5 heteroatoms. The average Bonchev–Trinajstić information content (AvgIpc) is 3.31. The van der Waals surface area contributed by atoms with Crippen molar-refractivity contribution >= 4 is 32.7 Å². The maximum Gasteiger partial charge on any atom is 0.219 e. The molecule has 1 fully saturated rings. The van der Waals surface area contributed by atoms with Crippen LogP contribution in [0, 0.1) is 0 Å². The molecule has 198 valence electrons. The molecular weight excluding hydrogens is 506 g/mol. The zero-order valence-corrected chi connectivity index (χ0v) is 22.4. The Hall–Kier alpha value is -5.16. The monoisotopic (exact) mass is 533 g/mol. The highest BCUT2D eigenvalue weighted by atomic mass is 16.5. The molecule has 4 aromatic carbocycles. The first-order valence-electron chi connectivity index (χ1n) is 14.1. The number of nitrogens with zero attached hydrogens (tertiary/aromatic N) is 3. The molecule has 1 N–H and O–H groups in total. The Balaban J connectivity index is 1.22. The van der Waals surface area contributed by atoms with E-state index in [1.807, 2.05) is 48.7 Å². The third kappa shape index (κ3) is 4.01. The molecule has 0 spiro atoms. The Morgan fingerprint density at radius 2 is 1.54 bits per heavy atom. The summed E-state index contributed by atoms with van der Waals surface area (Å²) in [6.07, 6.45) is 5.72. The number of para-hydroxylation sites is 1. The zero-order valence-electron chi connectivity index (χ0n) is 22.4. The van der Waals surface area contributed by atoms with Gasteiger partial charge >= 0.3 is 0 Å². The molecule has 0 amide bonds. The molecule has 0 bridgehead atoms. The molecule has 1 saturated carbocycles. The van der Waals surface area contributed by atoms with E-state index in [0.717, 1.165) is 38.8 Å². The van der Waals surface area contributed by atoms with Gasteiger partial charge in [-0.25, -0.2) is 9.97 Å². The lowest BCUT2D eigenvalue weighted by Gasteiger charge is -2.26. The van der Waals surface area contributed by atoms with Crippen molar-refractivity contribution in [1.82, 2.24) is 14.5 Å². The molecule has 0 radical (unpaired) electrons. The number of fused-ring (bicyclic) bond motifs is 4. The summed E-state index contributed by atoms with van der Waals surface area (Å²) in [6.45, 7) is 0. The highest BCUT2D eigenvalue weighted by Crippen LogP contribution is 2.39. The van der Waals surface area contributed by atoms with Gasteiger partial charge in [-0.15, -0.1) is 0 Å². The maximum atomic E-state index is 10.7. The summed E-state index contributed by atoms with van der Waals surface area (Å²) >= 11 is 0. The first-order valence-corrected chi connectivity index (χ1v) is 14.1. The zero-order chi connectivity index (χ0) is 27.3. The lowest BCUT2D eigenvalue weighted by atomic mass is 9.80. The van der Waals surface area contributed by atoms with Crippen molar-refractivity contribution in [3.05, 3.63) is 121 Å². The van der Waals surface area contributed by atoms with Crippen LogP contribution in [0.25, 0.3) is 49.7 Å². The third-order valence-corrected chi connectivity index (χ3v) is 8.34. The van der Waals surface area contributed by atoms with Crippen molar-refractivity contribution in [2.45, 2.75) is 25.2 Å². The molecule has 3 heterocycles. The van der Waals surface area contributed by atoms with Crippen LogP contribution in [0.15, 0.2) is 115 Å². The van der Waals surface area contributed by atoms with Gasteiger partial charge in [0, 0.05) is 34.5 Å². The van der Waals surface area contributed by atoms with Gasteiger partial charge in [0.1, 0.15) is 22.8 Å². The summed E-state index contributed by atoms with van der Waals surface area (Å²) in [7, 11) is 0. The van der Waals surface area contributed by atoms with E-state index in [4.69, 9.17) is 14.7 Å². The van der Waals surface area contributed by atoms with Gasteiger partial charge in [-0.05, 0) is 84.0 Å². The van der Waals surface area contributed by atoms with Crippen LogP contribution < -0.4 is 4.74 Å². The van der Waals surface area contributed by atoms with E-state index in [0.29, 0.717) is 23.1 Å². The van der Waals surface area contributed by atoms with Gasteiger partial charge in [0.2, 0.25) is 5.88 Å². The van der Waals surface area contributed by atoms with Crippen molar-refractivity contribution in [3.63, 3.8) is 0 Å². The molecule has 8 rings (SSSR count). The van der Waals surface area contributed by atoms with Gasteiger partial charge in [0.05, 0.1) is 11.0 Å². The highest BCUT2D eigenvalue weighted by Gasteiger charge is 2.21. The maximum absolute atomic E-state index is 10.7. The van der Waals surface area contributed by atoms with Crippen molar-refractivity contribution < 1.29 is 9.84 Å². The van der Waals surface area contributed by atoms with Gasteiger partial charge in [0.15, 0.2) is 0 Å². The topological polar surface area (TPSA) is 60.2 Å². The largest absolute Gasteiger partial charge is 0.506 e. The highest BCUT2D eigenvalue weighted by molar-refractivity contribution is 6.09. The van der Waals surface area contributed by atoms with E-state index in [1.54, 1.807) is 6.07 Å². The number of hydrogen-bond acceptors (Lipinski definition) is 4. The Morgan fingerprint density at radius 1 is 0.732 bits per heavy atom. The van der Waals surface area contributed by atoms with Gasteiger partial charge in [-0.2, -0.15) is 0 Å². The summed E-state index contributed by atoms with van der Waals surface area (Å²) in [6, 6.07) is 36.5. The minimum absolute atomic E-state index is 0.123. The van der Waals surface area contributed by atoms with Crippen LogP contribution in [-0.4, -0.2) is 19.6 Å². The van der Waals surface area contributed by atoms with Crippen LogP contribution in [0.1, 0.15) is 30.7 Å². The van der Waals surface area contributed by atoms with Crippen LogP contribution in [-0.2, 0) is 0 Å². The second-order valence-electron chi connectivity index (χ2n) is 10.8. The molecule has 3 aromatic heterocycles. The molecule has 0 unspecified atom stereocenters. The predicted molar refractivity (Wildman–Crippen MR) is 164 cm³/mol. The summed E-state index contributed by atoms with van der Waals surface area (Å²) in [4.78, 5) is 9.51. The number of aromatic hydroxyl groups is 1. The average molecular weight is 534 g/mol. The standard InChI is InChI=1S/C36H27N3O2/c40-33-17-15-27(24-7-2-1-3-8-24)30-16-18-35(38-36(30)33)41-26-13-14-29-28-11-4-5-12-31(28)39(32(29)22-26)34-21-25(19-20-37-34)23-9-6-10-23/h1-5,7-8,11-23,40H,6,9-10H2. The normalized spacial score (nSPS) is 13.6. The van der Waals surface area contributed by atoms with E-state index in [2.05, 4.69) is 65.2 Å². The second kappa shape index (κ2) is 9.49. The lowest BCUT2D eigenvalue weighted by molar-refractivity contribution is 0.419. The molecule has 1 aliphatic rings. The van der Waals surface area contributed by atoms with Crippen molar-refractivity contribution in [2.24, 2.45) is 0 Å². The van der Waals surface area contributed by atoms with E-state index < -0.39 is 0 Å². The number of ether oxygens (including phenoxy) is 1. The van der Waals surface area contributed by atoms with E-state index in [9.17, 15) is 5.11 Å². The van der Waals surface area contributed by atoms with E-state index >= 15 is 0 Å². The van der Waals surface area contributed by atoms with Crippen LogP contribution in [0.5, 0.6) is 17.4 Å². The molecule has 1 aliphatic carbocycles. The van der Waals surface area contributed by atoms with E-state index in [-0.39, 0.29) is 5.75 Å². The van der Waals surface area contributed by atoms with E-state index in [1.165, 1.54) is 30.2 Å². The molecule has 5 nitrogen and oxygen atoms in total. The molecule has 0 aliphatic heterocycles. The van der Waals surface area contributed by atoms with Gasteiger partial charge in [-0.3, -0.25) is 4.57 Å². The number of phenolic OH excluding ortho intramolecular Hbond substituents is 1. The van der Waals surface area contributed by atoms with Crippen LogP contribution in [0.3, 0.4) is 0 Å². The first-order chi connectivity index (χ1) is 20.2. The first kappa shape index (κ1) is 23.7. The minimum Gasteiger partial charge on any atom is -0.506 e. The summed E-state index contributed by atoms with van der Waals surface area (Å²) in [5.41, 5.74) is 6.09. The van der Waals surface area contributed by atoms with Gasteiger partial charge < -0.3 is 9.84 Å². The Morgan fingerprint density at radius 3 is 2.39 bits per heavy atom. The Kier molecular flexibility index (Phi) is 5.49. The Labute approximate surface area is 237 Å². The fraction of sp³-hybridized carbons (Fsp3) is 0.111. The number of pyridine rings is 2. The SMILES string of the molecule is Oc1ccc(-c2ccccc2)c2ccc(Oc3ccc4c5ccccc5n(-c5cc(C6CCC6)ccn5)c4c3)nc12. The fourth-order valence-corrected chi connectivity index (χ4v) is 6.04. The predicted octanol–water partition coefficient (Wildman–Crippen LogP) is 9.16. The number of benzene rings is 4. The van der Waals surface area contributed by atoms with Gasteiger partial charge in [0.25, 0.3) is 0 Å². The third-order valence-electron chi connectivity index (χ3n) is 8.34. The molecule has 0 saturated heterocycles. The molecule has 0 atom stereocenters. The molecule has 7 aromatic rings. The number of phenols is 1. The smallest absolute Gasteiger partial charge is 0.219 e. The molecular formula is C36H27N3O2. The summed E-state index contributed by atoms with van der Waals surface area (Å²) in [5.74, 6) is 2.76. The van der Waals surface area contributed by atoms with Crippen LogP contribution in [0.2, 0.25) is 0 Å². The van der Waals surface area contributed by atoms with Crippen LogP contribution in [0.4, 0.5) is 0 Å². The number of aromatic nitrogens is 3. The fourth-order valence-electron chi connectivity index (χ4n) is 6.04. The van der Waals surface area contributed by atoms with Crippen molar-refractivity contribution in [3.8, 4) is 34.3 Å². The number of hydrogen-bond donors (Lipinski definition) is 1. The Bertz CT molecular complexity index is 2080. The quantitative estimate of drug-likeness (QED) is 0.240. The van der Waals surface area contributed by atoms with Crippen molar-refractivity contribution in [2.75, 3.05) is 0 Å². The molecule has 41 heavy (non-hydrogen) atoms. The summed E-state index contributed by atoms with van der Waals surface area (Å²) in [5, 5.41) is 13.9. The number of rotatable bonds is 5. The second-order valence-corrected chi connectivity index (χ2v) is 10.8. The van der Waals surface area contributed by atoms with Crippen LogP contribution >= 0.6 is 0 Å². The summed E-state index contributed by atoms with van der Waals surface area (Å²) < 4.78 is 8.54. The van der Waals surface area contributed by atoms with Gasteiger partial charge in [-0.1, -0.05) is 55.0 Å². The minimum atomic E-state index is 0.123. The lowest BCUT2D eigenvalue weighted by Crippen LogP contribution is -2.09. The van der Waals surface area contributed by atoms with Crippen molar-refractivity contribution in [1.29, 1.82) is 0 Å².